The molecule has 1 N–H and O–H groups in total. The van der Waals surface area contributed by atoms with Crippen molar-refractivity contribution in [2.45, 2.75) is 51.3 Å². The van der Waals surface area contributed by atoms with Crippen LogP contribution in [0.25, 0.3) is 0 Å². The Balaban J connectivity index is 1.73. The Hall–Kier alpha value is -0.220. The Morgan fingerprint density at radius 3 is 2.94 bits per heavy atom. The molecule has 2 unspecified atom stereocenters. The number of amidine groups is 1. The van der Waals surface area contributed by atoms with Crippen LogP contribution >= 0.6 is 11.8 Å². The first-order valence-corrected chi connectivity index (χ1v) is 7.46. The van der Waals surface area contributed by atoms with E-state index in [2.05, 4.69) is 31.1 Å². The molecule has 3 nitrogen and oxygen atoms in total. The van der Waals surface area contributed by atoms with Gasteiger partial charge < -0.3 is 10.1 Å². The van der Waals surface area contributed by atoms with Crippen LogP contribution in [0.2, 0.25) is 0 Å². The monoisotopic (exact) mass is 256 g/mol. The molecule has 0 amide bonds. The zero-order valence-corrected chi connectivity index (χ0v) is 12.0. The van der Waals surface area contributed by atoms with E-state index in [1.807, 2.05) is 11.8 Å². The molecule has 0 aliphatic carbocycles. The van der Waals surface area contributed by atoms with Gasteiger partial charge in [0, 0.05) is 11.9 Å². The van der Waals surface area contributed by atoms with Crippen LogP contribution in [0.3, 0.4) is 0 Å². The summed E-state index contributed by atoms with van der Waals surface area (Å²) in [5.74, 6) is 0. The summed E-state index contributed by atoms with van der Waals surface area (Å²) in [7, 11) is 0. The molecule has 2 rings (SSSR count). The van der Waals surface area contributed by atoms with Gasteiger partial charge in [-0.15, -0.1) is 0 Å². The summed E-state index contributed by atoms with van der Waals surface area (Å²) in [5.41, 5.74) is 0.399. The minimum Gasteiger partial charge on any atom is -0.379 e. The van der Waals surface area contributed by atoms with Gasteiger partial charge in [0.1, 0.15) is 0 Å². The zero-order chi connectivity index (χ0) is 12.3. The van der Waals surface area contributed by atoms with Crippen LogP contribution in [0.5, 0.6) is 0 Å². The number of ether oxygens (including phenoxy) is 1. The van der Waals surface area contributed by atoms with Gasteiger partial charge in [-0.3, -0.25) is 4.99 Å². The lowest BCUT2D eigenvalue weighted by molar-refractivity contribution is 0.0767. The van der Waals surface area contributed by atoms with Crippen molar-refractivity contribution in [1.82, 2.24) is 5.32 Å². The van der Waals surface area contributed by atoms with Crippen LogP contribution in [-0.4, -0.2) is 36.2 Å². The summed E-state index contributed by atoms with van der Waals surface area (Å²) in [6.45, 7) is 9.63. The minimum atomic E-state index is 0.399. The SMILES string of the molecule is CC(C)(C)CC1CN=C(NC2CCCOC2)S1. The van der Waals surface area contributed by atoms with E-state index in [-0.39, 0.29) is 0 Å². The van der Waals surface area contributed by atoms with Crippen LogP contribution in [0.1, 0.15) is 40.0 Å². The van der Waals surface area contributed by atoms with Gasteiger partial charge in [0.05, 0.1) is 19.2 Å². The lowest BCUT2D eigenvalue weighted by Crippen LogP contribution is -2.39. The zero-order valence-electron chi connectivity index (χ0n) is 11.2. The molecule has 0 radical (unpaired) electrons. The van der Waals surface area contributed by atoms with E-state index in [0.717, 1.165) is 24.9 Å². The van der Waals surface area contributed by atoms with Gasteiger partial charge in [0.15, 0.2) is 5.17 Å². The molecule has 4 heteroatoms. The highest BCUT2D eigenvalue weighted by molar-refractivity contribution is 8.14. The van der Waals surface area contributed by atoms with E-state index in [1.165, 1.54) is 19.3 Å². The largest absolute Gasteiger partial charge is 0.379 e. The standard InChI is InChI=1S/C13H24N2OS/c1-13(2,3)7-11-8-14-12(17-11)15-10-5-4-6-16-9-10/h10-11H,4-9H2,1-3H3,(H,14,15). The predicted molar refractivity (Wildman–Crippen MR) is 74.7 cm³/mol. The van der Waals surface area contributed by atoms with Crippen molar-refractivity contribution in [2.24, 2.45) is 10.4 Å². The van der Waals surface area contributed by atoms with Gasteiger partial charge >= 0.3 is 0 Å². The molecule has 2 heterocycles. The second-order valence-electron chi connectivity index (χ2n) is 6.21. The molecule has 1 saturated heterocycles. The maximum Gasteiger partial charge on any atom is 0.157 e. The van der Waals surface area contributed by atoms with E-state index in [9.17, 15) is 0 Å². The highest BCUT2D eigenvalue weighted by Gasteiger charge is 2.26. The molecule has 0 aromatic carbocycles. The molecule has 1 fully saturated rings. The van der Waals surface area contributed by atoms with Crippen LogP contribution in [0, 0.1) is 5.41 Å². The summed E-state index contributed by atoms with van der Waals surface area (Å²) in [6, 6.07) is 0.475. The number of thioether (sulfide) groups is 1. The van der Waals surface area contributed by atoms with E-state index in [1.54, 1.807) is 0 Å². The van der Waals surface area contributed by atoms with Crippen molar-refractivity contribution in [3.63, 3.8) is 0 Å². The van der Waals surface area contributed by atoms with Crippen LogP contribution in [0.4, 0.5) is 0 Å². The molecule has 0 saturated carbocycles. The van der Waals surface area contributed by atoms with Crippen LogP contribution in [-0.2, 0) is 4.74 Å². The summed E-state index contributed by atoms with van der Waals surface area (Å²) in [5, 5.41) is 5.31. The summed E-state index contributed by atoms with van der Waals surface area (Å²) in [6.07, 6.45) is 3.61. The Bertz CT molecular complexity index is 280. The predicted octanol–water partition coefficient (Wildman–Crippen LogP) is 2.66. The van der Waals surface area contributed by atoms with Crippen molar-refractivity contribution < 1.29 is 4.74 Å². The van der Waals surface area contributed by atoms with E-state index in [4.69, 9.17) is 4.74 Å². The third-order valence-electron chi connectivity index (χ3n) is 3.04. The van der Waals surface area contributed by atoms with Crippen LogP contribution < -0.4 is 5.32 Å². The smallest absolute Gasteiger partial charge is 0.157 e. The van der Waals surface area contributed by atoms with Gasteiger partial charge in [-0.25, -0.2) is 0 Å². The van der Waals surface area contributed by atoms with Crippen molar-refractivity contribution in [3.8, 4) is 0 Å². The first kappa shape index (κ1) is 13.2. The quantitative estimate of drug-likeness (QED) is 0.824. The molecule has 2 atom stereocenters. The third kappa shape index (κ3) is 4.51. The number of hydrogen-bond donors (Lipinski definition) is 1. The lowest BCUT2D eigenvalue weighted by Gasteiger charge is -2.24. The van der Waals surface area contributed by atoms with Gasteiger partial charge in [-0.2, -0.15) is 0 Å². The van der Waals surface area contributed by atoms with Gasteiger partial charge in [0.2, 0.25) is 0 Å². The summed E-state index contributed by atoms with van der Waals surface area (Å²) in [4.78, 5) is 4.61. The van der Waals surface area contributed by atoms with Gasteiger partial charge in [-0.1, -0.05) is 32.5 Å². The van der Waals surface area contributed by atoms with Crippen molar-refractivity contribution in [2.75, 3.05) is 19.8 Å². The maximum absolute atomic E-state index is 5.47. The molecule has 0 bridgehead atoms. The highest BCUT2D eigenvalue weighted by atomic mass is 32.2. The van der Waals surface area contributed by atoms with Crippen molar-refractivity contribution >= 4 is 16.9 Å². The fourth-order valence-electron chi connectivity index (χ4n) is 2.32. The molecule has 2 aliphatic rings. The van der Waals surface area contributed by atoms with Crippen molar-refractivity contribution in [1.29, 1.82) is 0 Å². The van der Waals surface area contributed by atoms with E-state index >= 15 is 0 Å². The molecule has 0 aromatic rings. The second kappa shape index (κ2) is 5.61. The fourth-order valence-corrected chi connectivity index (χ4v) is 3.75. The molecule has 17 heavy (non-hydrogen) atoms. The molecule has 0 spiro atoms. The highest BCUT2D eigenvalue weighted by Crippen LogP contribution is 2.31. The maximum atomic E-state index is 5.47. The third-order valence-corrected chi connectivity index (χ3v) is 4.16. The Morgan fingerprint density at radius 2 is 2.29 bits per heavy atom. The average molecular weight is 256 g/mol. The number of nitrogens with one attached hydrogen (secondary N) is 1. The number of hydrogen-bond acceptors (Lipinski definition) is 4. The van der Waals surface area contributed by atoms with Crippen LogP contribution in [0.15, 0.2) is 4.99 Å². The summed E-state index contributed by atoms with van der Waals surface area (Å²) < 4.78 is 5.47. The first-order valence-electron chi connectivity index (χ1n) is 6.58. The molecular weight excluding hydrogens is 232 g/mol. The fraction of sp³-hybridized carbons (Fsp3) is 0.923. The average Bonchev–Trinajstić information content (AvgIpc) is 2.64. The normalized spacial score (nSPS) is 30.2. The number of nitrogens with zero attached hydrogens (tertiary/aromatic N) is 1. The minimum absolute atomic E-state index is 0.399. The lowest BCUT2D eigenvalue weighted by atomic mass is 9.90. The molecular formula is C13H24N2OS. The molecule has 0 aromatic heterocycles. The Kier molecular flexibility index (Phi) is 4.36. The topological polar surface area (TPSA) is 33.6 Å². The first-order chi connectivity index (χ1) is 8.03. The van der Waals surface area contributed by atoms with Crippen molar-refractivity contribution in [3.05, 3.63) is 0 Å². The molecule has 2 aliphatic heterocycles. The number of rotatable bonds is 2. The van der Waals surface area contributed by atoms with Gasteiger partial charge in [0.25, 0.3) is 0 Å². The van der Waals surface area contributed by atoms with Gasteiger partial charge in [-0.05, 0) is 24.7 Å². The van der Waals surface area contributed by atoms with E-state index in [0.29, 0.717) is 16.7 Å². The Labute approximate surface area is 109 Å². The summed E-state index contributed by atoms with van der Waals surface area (Å²) >= 11 is 1.91. The Morgan fingerprint density at radius 1 is 1.47 bits per heavy atom. The number of aliphatic imine (C=N–C) groups is 1. The second-order valence-corrected chi connectivity index (χ2v) is 7.50. The van der Waals surface area contributed by atoms with E-state index < -0.39 is 0 Å². The molecule has 98 valence electrons.